The summed E-state index contributed by atoms with van der Waals surface area (Å²) in [5.41, 5.74) is 4.70. The van der Waals surface area contributed by atoms with Gasteiger partial charge < -0.3 is 9.42 Å². The fourth-order valence-electron chi connectivity index (χ4n) is 3.03. The molecule has 0 saturated carbocycles. The lowest BCUT2D eigenvalue weighted by Crippen LogP contribution is -2.27. The van der Waals surface area contributed by atoms with Crippen LogP contribution in [0, 0.1) is 13.8 Å². The zero-order valence-electron chi connectivity index (χ0n) is 14.4. The Labute approximate surface area is 134 Å². The van der Waals surface area contributed by atoms with Crippen molar-refractivity contribution >= 4 is 0 Å². The van der Waals surface area contributed by atoms with Gasteiger partial charge in [0, 0.05) is 12.1 Å². The Balaban J connectivity index is 2.09. The van der Waals surface area contributed by atoms with Crippen molar-refractivity contribution in [2.45, 2.75) is 47.0 Å². The monoisotopic (exact) mass is 300 g/mol. The van der Waals surface area contributed by atoms with Crippen LogP contribution in [0.15, 0.2) is 28.8 Å². The summed E-state index contributed by atoms with van der Waals surface area (Å²) in [6.07, 6.45) is 3.54. The molecule has 0 spiro atoms. The second-order valence-corrected chi connectivity index (χ2v) is 5.99. The molecule has 120 valence electrons. The van der Waals surface area contributed by atoms with Crippen molar-refractivity contribution in [3.8, 4) is 11.1 Å². The summed E-state index contributed by atoms with van der Waals surface area (Å²) >= 11 is 0. The summed E-state index contributed by atoms with van der Waals surface area (Å²) in [5, 5.41) is 4.06. The number of benzene rings is 1. The molecular weight excluding hydrogens is 272 g/mol. The SMILES string of the molecule is CCCN(CCC)CCc1cccc(-c2c(C)noc2C)c1. The van der Waals surface area contributed by atoms with Gasteiger partial charge in [-0.25, -0.2) is 0 Å². The Morgan fingerprint density at radius 3 is 2.36 bits per heavy atom. The van der Waals surface area contributed by atoms with Gasteiger partial charge in [-0.3, -0.25) is 0 Å². The second kappa shape index (κ2) is 8.14. The first-order valence-electron chi connectivity index (χ1n) is 8.40. The molecule has 0 aliphatic heterocycles. The van der Waals surface area contributed by atoms with Crippen LogP contribution >= 0.6 is 0 Å². The first-order valence-corrected chi connectivity index (χ1v) is 8.40. The maximum Gasteiger partial charge on any atom is 0.141 e. The highest BCUT2D eigenvalue weighted by Crippen LogP contribution is 2.27. The molecule has 0 aliphatic rings. The Bertz CT molecular complexity index is 563. The van der Waals surface area contributed by atoms with Crippen LogP contribution in [0.1, 0.15) is 43.7 Å². The van der Waals surface area contributed by atoms with Gasteiger partial charge in [-0.05, 0) is 57.3 Å². The normalized spacial score (nSPS) is 11.3. The fraction of sp³-hybridized carbons (Fsp3) is 0.526. The molecule has 0 saturated heterocycles. The number of hydrogen-bond acceptors (Lipinski definition) is 3. The summed E-state index contributed by atoms with van der Waals surface area (Å²) in [4.78, 5) is 2.56. The summed E-state index contributed by atoms with van der Waals surface area (Å²) in [5.74, 6) is 0.897. The van der Waals surface area contributed by atoms with Gasteiger partial charge in [0.05, 0.1) is 5.69 Å². The predicted octanol–water partition coefficient (Wildman–Crippen LogP) is 4.62. The first kappa shape index (κ1) is 16.8. The van der Waals surface area contributed by atoms with E-state index < -0.39 is 0 Å². The molecule has 3 heteroatoms. The minimum Gasteiger partial charge on any atom is -0.361 e. The van der Waals surface area contributed by atoms with Crippen LogP contribution in [0.25, 0.3) is 11.1 Å². The lowest BCUT2D eigenvalue weighted by molar-refractivity contribution is 0.278. The van der Waals surface area contributed by atoms with Gasteiger partial charge in [0.25, 0.3) is 0 Å². The van der Waals surface area contributed by atoms with E-state index in [-0.39, 0.29) is 0 Å². The first-order chi connectivity index (χ1) is 10.7. The minimum absolute atomic E-state index is 0.897. The largest absolute Gasteiger partial charge is 0.361 e. The Morgan fingerprint density at radius 2 is 1.77 bits per heavy atom. The van der Waals surface area contributed by atoms with E-state index in [1.54, 1.807) is 0 Å². The van der Waals surface area contributed by atoms with Gasteiger partial charge in [0.15, 0.2) is 0 Å². The maximum atomic E-state index is 5.29. The summed E-state index contributed by atoms with van der Waals surface area (Å²) in [7, 11) is 0. The second-order valence-electron chi connectivity index (χ2n) is 5.99. The average molecular weight is 300 g/mol. The van der Waals surface area contributed by atoms with Crippen LogP contribution in [-0.2, 0) is 6.42 Å². The van der Waals surface area contributed by atoms with Crippen LogP contribution in [-0.4, -0.2) is 29.7 Å². The smallest absolute Gasteiger partial charge is 0.141 e. The van der Waals surface area contributed by atoms with Crippen molar-refractivity contribution in [1.29, 1.82) is 0 Å². The van der Waals surface area contributed by atoms with Gasteiger partial charge in [-0.15, -0.1) is 0 Å². The molecule has 0 aliphatic carbocycles. The van der Waals surface area contributed by atoms with Gasteiger partial charge in [0.1, 0.15) is 5.76 Å². The quantitative estimate of drug-likeness (QED) is 0.712. The van der Waals surface area contributed by atoms with Crippen LogP contribution in [0.5, 0.6) is 0 Å². The molecule has 22 heavy (non-hydrogen) atoms. The number of hydrogen-bond donors (Lipinski definition) is 0. The molecule has 0 fully saturated rings. The highest BCUT2D eigenvalue weighted by atomic mass is 16.5. The Hall–Kier alpha value is -1.61. The van der Waals surface area contributed by atoms with Gasteiger partial charge in [0.2, 0.25) is 0 Å². The zero-order chi connectivity index (χ0) is 15.9. The molecule has 0 N–H and O–H groups in total. The minimum atomic E-state index is 0.897. The third-order valence-corrected chi connectivity index (χ3v) is 4.05. The highest BCUT2D eigenvalue weighted by Gasteiger charge is 2.12. The van der Waals surface area contributed by atoms with Crippen LogP contribution < -0.4 is 0 Å². The topological polar surface area (TPSA) is 29.3 Å². The van der Waals surface area contributed by atoms with Crippen LogP contribution in [0.4, 0.5) is 0 Å². The van der Waals surface area contributed by atoms with E-state index >= 15 is 0 Å². The highest BCUT2D eigenvalue weighted by molar-refractivity contribution is 5.68. The number of rotatable bonds is 8. The third-order valence-electron chi connectivity index (χ3n) is 4.05. The molecule has 1 heterocycles. The summed E-state index contributed by atoms with van der Waals surface area (Å²) < 4.78 is 5.29. The molecule has 0 radical (unpaired) electrons. The van der Waals surface area contributed by atoms with E-state index in [4.69, 9.17) is 4.52 Å². The van der Waals surface area contributed by atoms with Gasteiger partial charge in [-0.2, -0.15) is 0 Å². The Morgan fingerprint density at radius 1 is 1.05 bits per heavy atom. The molecule has 0 atom stereocenters. The standard InChI is InChI=1S/C19H28N2O/c1-5-11-21(12-6-2)13-10-17-8-7-9-18(14-17)19-15(3)20-22-16(19)4/h7-9,14H,5-6,10-13H2,1-4H3. The Kier molecular flexibility index (Phi) is 6.20. The van der Waals surface area contributed by atoms with Crippen molar-refractivity contribution in [2.75, 3.05) is 19.6 Å². The van der Waals surface area contributed by atoms with Gasteiger partial charge >= 0.3 is 0 Å². The van der Waals surface area contributed by atoms with E-state index in [1.165, 1.54) is 37.1 Å². The lowest BCUT2D eigenvalue weighted by atomic mass is 10.0. The van der Waals surface area contributed by atoms with Crippen molar-refractivity contribution in [3.63, 3.8) is 0 Å². The van der Waals surface area contributed by atoms with E-state index in [2.05, 4.69) is 48.2 Å². The van der Waals surface area contributed by atoms with E-state index in [0.29, 0.717) is 0 Å². The predicted molar refractivity (Wildman–Crippen MR) is 92.1 cm³/mol. The molecule has 1 aromatic carbocycles. The van der Waals surface area contributed by atoms with E-state index in [0.717, 1.165) is 30.0 Å². The van der Waals surface area contributed by atoms with Crippen molar-refractivity contribution in [3.05, 3.63) is 41.3 Å². The third kappa shape index (κ3) is 4.20. The molecule has 2 aromatic rings. The van der Waals surface area contributed by atoms with Crippen molar-refractivity contribution in [1.82, 2.24) is 10.1 Å². The van der Waals surface area contributed by atoms with Crippen molar-refractivity contribution < 1.29 is 4.52 Å². The lowest BCUT2D eigenvalue weighted by Gasteiger charge is -2.20. The average Bonchev–Trinajstić information content (AvgIpc) is 2.85. The van der Waals surface area contributed by atoms with Crippen LogP contribution in [0.3, 0.4) is 0 Å². The zero-order valence-corrected chi connectivity index (χ0v) is 14.4. The summed E-state index contributed by atoms with van der Waals surface area (Å²) in [6, 6.07) is 8.78. The fourth-order valence-corrected chi connectivity index (χ4v) is 3.03. The molecule has 0 bridgehead atoms. The molecule has 0 unspecified atom stereocenters. The molecule has 0 amide bonds. The van der Waals surface area contributed by atoms with E-state index in [1.807, 2.05) is 13.8 Å². The van der Waals surface area contributed by atoms with Gasteiger partial charge in [-0.1, -0.05) is 43.3 Å². The number of aryl methyl sites for hydroxylation is 2. The maximum absolute atomic E-state index is 5.29. The van der Waals surface area contributed by atoms with Crippen molar-refractivity contribution in [2.24, 2.45) is 0 Å². The van der Waals surface area contributed by atoms with E-state index in [9.17, 15) is 0 Å². The summed E-state index contributed by atoms with van der Waals surface area (Å²) in [6.45, 7) is 12.0. The molecular formula is C19H28N2O. The molecule has 3 nitrogen and oxygen atoms in total. The molecule has 1 aromatic heterocycles. The number of aromatic nitrogens is 1. The number of nitrogens with zero attached hydrogens (tertiary/aromatic N) is 2. The molecule has 2 rings (SSSR count). The van der Waals surface area contributed by atoms with Crippen LogP contribution in [0.2, 0.25) is 0 Å².